The van der Waals surface area contributed by atoms with Gasteiger partial charge in [0, 0.05) is 37.6 Å². The lowest BCUT2D eigenvalue weighted by Gasteiger charge is -2.30. The first kappa shape index (κ1) is 15.2. The van der Waals surface area contributed by atoms with Crippen LogP contribution < -0.4 is 10.1 Å². The van der Waals surface area contributed by atoms with Gasteiger partial charge in [-0.15, -0.1) is 0 Å². The fraction of sp³-hybridized carbons (Fsp3) is 0.688. The third-order valence-electron chi connectivity index (χ3n) is 4.43. The van der Waals surface area contributed by atoms with Crippen molar-refractivity contribution in [1.29, 1.82) is 0 Å². The maximum atomic E-state index is 12.2. The van der Waals surface area contributed by atoms with Crippen LogP contribution in [-0.2, 0) is 9.53 Å². The molecule has 1 aliphatic carbocycles. The van der Waals surface area contributed by atoms with Gasteiger partial charge >= 0.3 is 6.01 Å². The minimum Gasteiger partial charge on any atom is -0.460 e. The van der Waals surface area contributed by atoms with Crippen molar-refractivity contribution in [2.45, 2.75) is 50.7 Å². The smallest absolute Gasteiger partial charge is 0.316 e. The number of aromatic nitrogens is 2. The molecule has 0 aromatic carbocycles. The molecule has 0 radical (unpaired) electrons. The van der Waals surface area contributed by atoms with Crippen LogP contribution in [-0.4, -0.2) is 41.2 Å². The average molecular weight is 305 g/mol. The molecule has 1 aromatic rings. The molecule has 0 bridgehead atoms. The van der Waals surface area contributed by atoms with Gasteiger partial charge in [0.05, 0.1) is 0 Å². The van der Waals surface area contributed by atoms with Crippen LogP contribution >= 0.6 is 0 Å². The Hall–Kier alpha value is -1.69. The topological polar surface area (TPSA) is 73.3 Å². The zero-order chi connectivity index (χ0) is 15.2. The third-order valence-corrected chi connectivity index (χ3v) is 4.43. The van der Waals surface area contributed by atoms with Gasteiger partial charge in [0.2, 0.25) is 5.91 Å². The summed E-state index contributed by atoms with van der Waals surface area (Å²) >= 11 is 0. The van der Waals surface area contributed by atoms with Crippen molar-refractivity contribution in [1.82, 2.24) is 15.3 Å². The molecule has 6 heteroatoms. The normalized spacial score (nSPS) is 26.4. The second kappa shape index (κ2) is 7.54. The number of nitrogens with one attached hydrogen (secondary N) is 1. The molecule has 6 nitrogen and oxygen atoms in total. The van der Waals surface area contributed by atoms with E-state index in [9.17, 15) is 4.79 Å². The Labute approximate surface area is 130 Å². The molecule has 2 fully saturated rings. The zero-order valence-electron chi connectivity index (χ0n) is 12.7. The van der Waals surface area contributed by atoms with Gasteiger partial charge in [-0.3, -0.25) is 4.79 Å². The van der Waals surface area contributed by atoms with E-state index < -0.39 is 0 Å². The molecule has 1 amide bonds. The summed E-state index contributed by atoms with van der Waals surface area (Å²) in [5.41, 5.74) is 0. The monoisotopic (exact) mass is 305 g/mol. The highest BCUT2D eigenvalue weighted by molar-refractivity contribution is 5.79. The maximum Gasteiger partial charge on any atom is 0.316 e. The number of hydrogen-bond donors (Lipinski definition) is 1. The second-order valence-corrected chi connectivity index (χ2v) is 6.02. The van der Waals surface area contributed by atoms with E-state index in [1.807, 2.05) is 0 Å². The van der Waals surface area contributed by atoms with Crippen LogP contribution in [0.2, 0.25) is 0 Å². The molecule has 3 rings (SSSR count). The molecule has 1 aromatic heterocycles. The van der Waals surface area contributed by atoms with Crippen LogP contribution in [0.4, 0.5) is 0 Å². The van der Waals surface area contributed by atoms with Gasteiger partial charge < -0.3 is 14.8 Å². The second-order valence-electron chi connectivity index (χ2n) is 6.02. The Bertz CT molecular complexity index is 469. The summed E-state index contributed by atoms with van der Waals surface area (Å²) in [6, 6.07) is 2.49. The van der Waals surface area contributed by atoms with E-state index in [0.29, 0.717) is 19.2 Å². The molecule has 1 saturated carbocycles. The average Bonchev–Trinajstić information content (AvgIpc) is 2.58. The van der Waals surface area contributed by atoms with E-state index in [4.69, 9.17) is 9.47 Å². The summed E-state index contributed by atoms with van der Waals surface area (Å²) in [5.74, 6) is 0.319. The lowest BCUT2D eigenvalue weighted by molar-refractivity contribution is -0.128. The number of carbonyl (C=O) groups is 1. The number of carbonyl (C=O) groups excluding carboxylic acids is 1. The number of ether oxygens (including phenoxy) is 2. The van der Waals surface area contributed by atoms with Crippen molar-refractivity contribution < 1.29 is 14.3 Å². The molecule has 0 unspecified atom stereocenters. The highest BCUT2D eigenvalue weighted by Crippen LogP contribution is 2.23. The van der Waals surface area contributed by atoms with Crippen LogP contribution in [0.5, 0.6) is 6.01 Å². The van der Waals surface area contributed by atoms with Crippen molar-refractivity contribution in [3.05, 3.63) is 18.5 Å². The Morgan fingerprint density at radius 3 is 2.45 bits per heavy atom. The minimum atomic E-state index is 0.125. The molecule has 0 spiro atoms. The van der Waals surface area contributed by atoms with Crippen LogP contribution in [0, 0.1) is 5.92 Å². The summed E-state index contributed by atoms with van der Waals surface area (Å²) in [7, 11) is 0. The Kier molecular flexibility index (Phi) is 5.21. The van der Waals surface area contributed by atoms with Crippen LogP contribution in [0.3, 0.4) is 0 Å². The molecule has 0 atom stereocenters. The first-order chi connectivity index (χ1) is 10.8. The quantitative estimate of drug-likeness (QED) is 0.916. The van der Waals surface area contributed by atoms with Gasteiger partial charge in [0.1, 0.15) is 6.10 Å². The van der Waals surface area contributed by atoms with Gasteiger partial charge in [-0.05, 0) is 44.6 Å². The predicted molar refractivity (Wildman–Crippen MR) is 80.4 cm³/mol. The highest BCUT2D eigenvalue weighted by atomic mass is 16.5. The molecule has 1 aliphatic heterocycles. The summed E-state index contributed by atoms with van der Waals surface area (Å²) in [5, 5.41) is 3.19. The number of nitrogens with zero attached hydrogens (tertiary/aromatic N) is 2. The van der Waals surface area contributed by atoms with Crippen LogP contribution in [0.25, 0.3) is 0 Å². The highest BCUT2D eigenvalue weighted by Gasteiger charge is 2.27. The van der Waals surface area contributed by atoms with E-state index in [1.54, 1.807) is 18.5 Å². The van der Waals surface area contributed by atoms with E-state index in [2.05, 4.69) is 15.3 Å². The Morgan fingerprint density at radius 2 is 1.77 bits per heavy atom. The largest absolute Gasteiger partial charge is 0.460 e. The first-order valence-electron chi connectivity index (χ1n) is 8.13. The van der Waals surface area contributed by atoms with E-state index in [-0.39, 0.29) is 24.0 Å². The van der Waals surface area contributed by atoms with E-state index >= 15 is 0 Å². The van der Waals surface area contributed by atoms with Crippen molar-refractivity contribution in [2.75, 3.05) is 13.2 Å². The fourth-order valence-electron chi connectivity index (χ4n) is 3.10. The van der Waals surface area contributed by atoms with E-state index in [0.717, 1.165) is 38.5 Å². The zero-order valence-corrected chi connectivity index (χ0v) is 12.7. The fourth-order valence-corrected chi connectivity index (χ4v) is 3.10. The molecular weight excluding hydrogens is 282 g/mol. The van der Waals surface area contributed by atoms with Gasteiger partial charge in [-0.25, -0.2) is 9.97 Å². The molecule has 22 heavy (non-hydrogen) atoms. The summed E-state index contributed by atoms with van der Waals surface area (Å²) in [6.45, 7) is 1.41. The SMILES string of the molecule is O=C(NC1CCC(Oc2ncccn2)CC1)C1CCOCC1. The number of rotatable bonds is 4. The molecule has 2 aliphatic rings. The lowest BCUT2D eigenvalue weighted by Crippen LogP contribution is -2.43. The maximum absolute atomic E-state index is 12.2. The molecule has 1 N–H and O–H groups in total. The standard InChI is InChI=1S/C16H23N3O3/c20-15(12-6-10-21-11-7-12)19-13-2-4-14(5-3-13)22-16-17-8-1-9-18-16/h1,8-9,12-14H,2-7,10-11H2,(H,19,20). The van der Waals surface area contributed by atoms with Gasteiger partial charge in [-0.1, -0.05) is 0 Å². The molecule has 1 saturated heterocycles. The first-order valence-corrected chi connectivity index (χ1v) is 8.13. The van der Waals surface area contributed by atoms with Crippen molar-refractivity contribution >= 4 is 5.91 Å². The summed E-state index contributed by atoms with van der Waals surface area (Å²) in [6.07, 6.45) is 8.96. The summed E-state index contributed by atoms with van der Waals surface area (Å²) < 4.78 is 11.1. The number of amides is 1. The van der Waals surface area contributed by atoms with Crippen molar-refractivity contribution in [2.24, 2.45) is 5.92 Å². The van der Waals surface area contributed by atoms with Gasteiger partial charge in [-0.2, -0.15) is 0 Å². The Balaban J connectivity index is 1.40. The molecular formula is C16H23N3O3. The Morgan fingerprint density at radius 1 is 1.09 bits per heavy atom. The van der Waals surface area contributed by atoms with Crippen molar-refractivity contribution in [3.63, 3.8) is 0 Å². The van der Waals surface area contributed by atoms with Gasteiger partial charge in [0.15, 0.2) is 0 Å². The third kappa shape index (κ3) is 4.16. The van der Waals surface area contributed by atoms with Crippen molar-refractivity contribution in [3.8, 4) is 6.01 Å². The lowest BCUT2D eigenvalue weighted by atomic mass is 9.91. The predicted octanol–water partition coefficient (Wildman–Crippen LogP) is 1.71. The molecule has 2 heterocycles. The molecule has 120 valence electrons. The van der Waals surface area contributed by atoms with Crippen LogP contribution in [0.15, 0.2) is 18.5 Å². The minimum absolute atomic E-state index is 0.125. The number of hydrogen-bond acceptors (Lipinski definition) is 5. The summed E-state index contributed by atoms with van der Waals surface area (Å²) in [4.78, 5) is 20.4. The van der Waals surface area contributed by atoms with Crippen LogP contribution in [0.1, 0.15) is 38.5 Å². The van der Waals surface area contributed by atoms with E-state index in [1.165, 1.54) is 0 Å². The van der Waals surface area contributed by atoms with Gasteiger partial charge in [0.25, 0.3) is 0 Å².